The van der Waals surface area contributed by atoms with Gasteiger partial charge in [-0.1, -0.05) is 0 Å². The van der Waals surface area contributed by atoms with Crippen LogP contribution in [0.5, 0.6) is 0 Å². The van der Waals surface area contributed by atoms with Gasteiger partial charge in [0.1, 0.15) is 6.04 Å². The summed E-state index contributed by atoms with van der Waals surface area (Å²) < 4.78 is 1.78. The van der Waals surface area contributed by atoms with Gasteiger partial charge in [-0.05, 0) is 75.7 Å². The van der Waals surface area contributed by atoms with E-state index < -0.39 is 0 Å². The van der Waals surface area contributed by atoms with Gasteiger partial charge < -0.3 is 5.32 Å². The highest BCUT2D eigenvalue weighted by Gasteiger charge is 2.51. The Kier molecular flexibility index (Phi) is 2.92. The molecule has 0 saturated heterocycles. The van der Waals surface area contributed by atoms with E-state index in [0.29, 0.717) is 0 Å². The number of amides is 1. The maximum absolute atomic E-state index is 12.7. The van der Waals surface area contributed by atoms with E-state index >= 15 is 0 Å². The lowest BCUT2D eigenvalue weighted by Gasteiger charge is -2.57. The Hall–Kier alpha value is -1.32. The molecule has 4 nitrogen and oxygen atoms in total. The fourth-order valence-corrected chi connectivity index (χ4v) is 5.39. The molecule has 1 aromatic rings. The summed E-state index contributed by atoms with van der Waals surface area (Å²) in [5, 5.41) is 7.72. The summed E-state index contributed by atoms with van der Waals surface area (Å²) >= 11 is 0. The minimum absolute atomic E-state index is 0.0995. The third kappa shape index (κ3) is 2.29. The second kappa shape index (κ2) is 4.59. The first kappa shape index (κ1) is 13.4. The van der Waals surface area contributed by atoms with Crippen molar-refractivity contribution in [3.8, 4) is 0 Å². The lowest BCUT2D eigenvalue weighted by atomic mass is 9.53. The standard InChI is InChI=1S/C17H25N3O/c1-11-9-18-20(10-11)12(2)16(21)19-17-6-13-3-14(7-17)5-15(4-13)8-17/h9-10,12-15H,3-8H2,1-2H3,(H,19,21). The Morgan fingerprint density at radius 3 is 2.33 bits per heavy atom. The number of hydrogen-bond acceptors (Lipinski definition) is 2. The van der Waals surface area contributed by atoms with Crippen molar-refractivity contribution in [2.75, 3.05) is 0 Å². The third-order valence-corrected chi connectivity index (χ3v) is 5.93. The van der Waals surface area contributed by atoms with Gasteiger partial charge in [0.2, 0.25) is 5.91 Å². The molecule has 1 heterocycles. The number of carbonyl (C=O) groups is 1. The number of aryl methyl sites for hydroxylation is 1. The third-order valence-electron chi connectivity index (χ3n) is 5.93. The molecule has 1 atom stereocenters. The van der Waals surface area contributed by atoms with Crippen molar-refractivity contribution in [3.05, 3.63) is 18.0 Å². The van der Waals surface area contributed by atoms with Crippen LogP contribution in [0.25, 0.3) is 0 Å². The van der Waals surface area contributed by atoms with Crippen LogP contribution < -0.4 is 5.32 Å². The number of hydrogen-bond donors (Lipinski definition) is 1. The van der Waals surface area contributed by atoms with E-state index in [9.17, 15) is 4.79 Å². The van der Waals surface area contributed by atoms with Crippen LogP contribution in [0.2, 0.25) is 0 Å². The SMILES string of the molecule is Cc1cnn(C(C)C(=O)NC23CC4CC(CC(C4)C2)C3)c1. The fraction of sp³-hybridized carbons (Fsp3) is 0.765. The van der Waals surface area contributed by atoms with Crippen LogP contribution in [0.1, 0.15) is 57.1 Å². The molecule has 0 aliphatic heterocycles. The van der Waals surface area contributed by atoms with Gasteiger partial charge in [-0.2, -0.15) is 5.10 Å². The molecule has 1 aromatic heterocycles. The highest BCUT2D eigenvalue weighted by molar-refractivity contribution is 5.80. The van der Waals surface area contributed by atoms with Gasteiger partial charge in [-0.3, -0.25) is 9.48 Å². The number of aromatic nitrogens is 2. The summed E-state index contributed by atoms with van der Waals surface area (Å²) in [6.07, 6.45) is 11.6. The van der Waals surface area contributed by atoms with Crippen LogP contribution in [0.3, 0.4) is 0 Å². The highest BCUT2D eigenvalue weighted by atomic mass is 16.2. The smallest absolute Gasteiger partial charge is 0.245 e. The minimum atomic E-state index is -0.216. The van der Waals surface area contributed by atoms with Gasteiger partial charge in [0, 0.05) is 11.7 Å². The highest BCUT2D eigenvalue weighted by Crippen LogP contribution is 2.55. The molecule has 1 N–H and O–H groups in total. The Morgan fingerprint density at radius 1 is 1.29 bits per heavy atom. The van der Waals surface area contributed by atoms with E-state index in [2.05, 4.69) is 10.4 Å². The molecule has 1 amide bonds. The monoisotopic (exact) mass is 287 g/mol. The predicted molar refractivity (Wildman–Crippen MR) is 80.7 cm³/mol. The van der Waals surface area contributed by atoms with Crippen molar-refractivity contribution in [3.63, 3.8) is 0 Å². The summed E-state index contributed by atoms with van der Waals surface area (Å²) in [6.45, 7) is 3.95. The van der Waals surface area contributed by atoms with Gasteiger partial charge in [0.05, 0.1) is 6.20 Å². The van der Waals surface area contributed by atoms with Crippen LogP contribution >= 0.6 is 0 Å². The van der Waals surface area contributed by atoms with Gasteiger partial charge >= 0.3 is 0 Å². The Balaban J connectivity index is 1.49. The molecule has 0 radical (unpaired) electrons. The first-order chi connectivity index (χ1) is 10.0. The molecule has 4 heteroatoms. The molecule has 114 valence electrons. The van der Waals surface area contributed by atoms with E-state index in [0.717, 1.165) is 23.3 Å². The Labute approximate surface area is 126 Å². The number of nitrogens with zero attached hydrogens (tertiary/aromatic N) is 2. The molecule has 0 aromatic carbocycles. The summed E-state index contributed by atoms with van der Waals surface area (Å²) in [6, 6.07) is -0.216. The van der Waals surface area contributed by atoms with Crippen molar-refractivity contribution >= 4 is 5.91 Å². The molecule has 1 unspecified atom stereocenters. The minimum Gasteiger partial charge on any atom is -0.349 e. The fourth-order valence-electron chi connectivity index (χ4n) is 5.39. The molecule has 4 fully saturated rings. The number of carbonyl (C=O) groups excluding carboxylic acids is 1. The summed E-state index contributed by atoms with van der Waals surface area (Å²) in [7, 11) is 0. The average molecular weight is 287 g/mol. The first-order valence-electron chi connectivity index (χ1n) is 8.36. The van der Waals surface area contributed by atoms with Gasteiger partial charge in [-0.25, -0.2) is 0 Å². The Bertz CT molecular complexity index is 527. The van der Waals surface area contributed by atoms with E-state index in [1.807, 2.05) is 26.2 Å². The molecule has 0 spiro atoms. The molecule has 21 heavy (non-hydrogen) atoms. The molecule has 4 bridgehead atoms. The number of nitrogens with one attached hydrogen (secondary N) is 1. The van der Waals surface area contributed by atoms with Crippen molar-refractivity contribution < 1.29 is 4.79 Å². The van der Waals surface area contributed by atoms with E-state index in [1.165, 1.54) is 38.5 Å². The maximum Gasteiger partial charge on any atom is 0.245 e. The molecule has 4 aliphatic rings. The van der Waals surface area contributed by atoms with E-state index in [1.54, 1.807) is 4.68 Å². The number of rotatable bonds is 3. The predicted octanol–water partition coefficient (Wildman–Crippen LogP) is 2.84. The second-order valence-electron chi connectivity index (χ2n) is 7.86. The van der Waals surface area contributed by atoms with Crippen molar-refractivity contribution in [1.29, 1.82) is 0 Å². The largest absolute Gasteiger partial charge is 0.349 e. The molecular formula is C17H25N3O. The lowest BCUT2D eigenvalue weighted by Crippen LogP contribution is -2.60. The summed E-state index contributed by atoms with van der Waals surface area (Å²) in [5.41, 5.74) is 1.20. The quantitative estimate of drug-likeness (QED) is 0.929. The van der Waals surface area contributed by atoms with Crippen LogP contribution in [0.4, 0.5) is 0 Å². The van der Waals surface area contributed by atoms with Gasteiger partial charge in [0.25, 0.3) is 0 Å². The van der Waals surface area contributed by atoms with Crippen LogP contribution in [0.15, 0.2) is 12.4 Å². The first-order valence-corrected chi connectivity index (χ1v) is 8.36. The van der Waals surface area contributed by atoms with Gasteiger partial charge in [0.15, 0.2) is 0 Å². The van der Waals surface area contributed by atoms with Crippen molar-refractivity contribution in [2.45, 2.75) is 64.0 Å². The molecule has 5 rings (SSSR count). The average Bonchev–Trinajstić information content (AvgIpc) is 2.82. The van der Waals surface area contributed by atoms with Crippen LogP contribution in [-0.4, -0.2) is 21.2 Å². The summed E-state index contributed by atoms with van der Waals surface area (Å²) in [5.74, 6) is 2.72. The maximum atomic E-state index is 12.7. The summed E-state index contributed by atoms with van der Waals surface area (Å²) in [4.78, 5) is 12.7. The normalized spacial score (nSPS) is 38.5. The molecule has 4 saturated carbocycles. The second-order valence-corrected chi connectivity index (χ2v) is 7.86. The van der Waals surface area contributed by atoms with E-state index in [4.69, 9.17) is 0 Å². The molecule has 4 aliphatic carbocycles. The Morgan fingerprint density at radius 2 is 1.86 bits per heavy atom. The van der Waals surface area contributed by atoms with Crippen molar-refractivity contribution in [1.82, 2.24) is 15.1 Å². The zero-order chi connectivity index (χ0) is 14.6. The topological polar surface area (TPSA) is 46.9 Å². The van der Waals surface area contributed by atoms with Crippen LogP contribution in [0, 0.1) is 24.7 Å². The zero-order valence-electron chi connectivity index (χ0n) is 13.0. The lowest BCUT2D eigenvalue weighted by molar-refractivity contribution is -0.129. The van der Waals surface area contributed by atoms with E-state index in [-0.39, 0.29) is 17.5 Å². The van der Waals surface area contributed by atoms with Crippen molar-refractivity contribution in [2.24, 2.45) is 17.8 Å². The molecular weight excluding hydrogens is 262 g/mol. The van der Waals surface area contributed by atoms with Gasteiger partial charge in [-0.15, -0.1) is 0 Å². The van der Waals surface area contributed by atoms with Crippen LogP contribution in [-0.2, 0) is 4.79 Å². The zero-order valence-corrected chi connectivity index (χ0v) is 13.0.